The summed E-state index contributed by atoms with van der Waals surface area (Å²) in [5.41, 5.74) is 2.90. The summed E-state index contributed by atoms with van der Waals surface area (Å²) in [7, 11) is 0. The zero-order chi connectivity index (χ0) is 14.7. The van der Waals surface area contributed by atoms with Gasteiger partial charge in [-0.15, -0.1) is 0 Å². The van der Waals surface area contributed by atoms with Gasteiger partial charge in [0, 0.05) is 12.1 Å². The Bertz CT molecular complexity index is 474. The van der Waals surface area contributed by atoms with Gasteiger partial charge in [0.1, 0.15) is 0 Å². The van der Waals surface area contributed by atoms with Crippen LogP contribution in [0, 0.1) is 5.92 Å². The van der Waals surface area contributed by atoms with E-state index in [-0.39, 0.29) is 6.10 Å². The fourth-order valence-electron chi connectivity index (χ4n) is 3.57. The van der Waals surface area contributed by atoms with Crippen molar-refractivity contribution in [3.63, 3.8) is 0 Å². The van der Waals surface area contributed by atoms with Gasteiger partial charge in [0.15, 0.2) is 0 Å². The van der Waals surface area contributed by atoms with Crippen LogP contribution in [0.4, 0.5) is 0 Å². The van der Waals surface area contributed by atoms with Crippen LogP contribution in [-0.4, -0.2) is 23.3 Å². The molecule has 0 amide bonds. The first-order valence-corrected chi connectivity index (χ1v) is 8.46. The lowest BCUT2D eigenvalue weighted by atomic mass is 9.93. The van der Waals surface area contributed by atoms with E-state index in [4.69, 9.17) is 0 Å². The van der Waals surface area contributed by atoms with Crippen LogP contribution in [-0.2, 0) is 0 Å². The van der Waals surface area contributed by atoms with Gasteiger partial charge in [0.25, 0.3) is 0 Å². The van der Waals surface area contributed by atoms with E-state index in [1.807, 2.05) is 0 Å². The molecule has 2 saturated carbocycles. The van der Waals surface area contributed by atoms with Crippen molar-refractivity contribution in [2.45, 2.75) is 63.6 Å². The van der Waals surface area contributed by atoms with Crippen LogP contribution in [0.1, 0.15) is 51.0 Å². The Labute approximate surface area is 128 Å². The van der Waals surface area contributed by atoms with Crippen molar-refractivity contribution in [2.75, 3.05) is 0 Å². The molecule has 2 aliphatic rings. The fourth-order valence-corrected chi connectivity index (χ4v) is 3.57. The predicted octanol–water partition coefficient (Wildman–Crippen LogP) is 3.76. The van der Waals surface area contributed by atoms with E-state index >= 15 is 0 Å². The largest absolute Gasteiger partial charge is 0.393 e. The Kier molecular flexibility index (Phi) is 4.77. The van der Waals surface area contributed by atoms with Crippen LogP contribution < -0.4 is 5.32 Å². The van der Waals surface area contributed by atoms with Crippen molar-refractivity contribution >= 4 is 6.08 Å². The normalized spacial score (nSPS) is 33.0. The van der Waals surface area contributed by atoms with E-state index in [2.05, 4.69) is 48.6 Å². The number of rotatable bonds is 5. The predicted molar refractivity (Wildman–Crippen MR) is 88.0 cm³/mol. The molecule has 0 heterocycles. The monoisotopic (exact) mass is 285 g/mol. The molecular formula is C19H27NO. The van der Waals surface area contributed by atoms with Crippen molar-refractivity contribution in [1.29, 1.82) is 0 Å². The minimum atomic E-state index is -0.0535. The summed E-state index contributed by atoms with van der Waals surface area (Å²) >= 11 is 0. The Balaban J connectivity index is 1.54. The topological polar surface area (TPSA) is 32.3 Å². The average Bonchev–Trinajstić information content (AvgIpc) is 3.27. The number of nitrogens with one attached hydrogen (secondary N) is 1. The van der Waals surface area contributed by atoms with Gasteiger partial charge >= 0.3 is 0 Å². The van der Waals surface area contributed by atoms with E-state index in [0.29, 0.717) is 12.1 Å². The lowest BCUT2D eigenvalue weighted by Crippen LogP contribution is -2.36. The van der Waals surface area contributed by atoms with Gasteiger partial charge in [0.2, 0.25) is 0 Å². The number of hydrogen-bond donors (Lipinski definition) is 2. The maximum atomic E-state index is 9.58. The summed E-state index contributed by atoms with van der Waals surface area (Å²) in [6.45, 7) is 2.26. The van der Waals surface area contributed by atoms with Gasteiger partial charge in [-0.25, -0.2) is 0 Å². The van der Waals surface area contributed by atoms with Crippen molar-refractivity contribution in [3.8, 4) is 0 Å². The van der Waals surface area contributed by atoms with E-state index < -0.39 is 0 Å². The van der Waals surface area contributed by atoms with E-state index in [1.165, 1.54) is 12.0 Å². The van der Waals surface area contributed by atoms with E-state index in [9.17, 15) is 5.11 Å². The van der Waals surface area contributed by atoms with Gasteiger partial charge in [0.05, 0.1) is 6.10 Å². The highest BCUT2D eigenvalue weighted by Crippen LogP contribution is 2.40. The second kappa shape index (κ2) is 6.76. The zero-order valence-electron chi connectivity index (χ0n) is 13.0. The lowest BCUT2D eigenvalue weighted by Gasteiger charge is -2.26. The van der Waals surface area contributed by atoms with Gasteiger partial charge in [-0.2, -0.15) is 0 Å². The van der Waals surface area contributed by atoms with Gasteiger partial charge < -0.3 is 10.4 Å². The average molecular weight is 285 g/mol. The van der Waals surface area contributed by atoms with Crippen LogP contribution in [0.15, 0.2) is 35.9 Å². The second-order valence-electron chi connectivity index (χ2n) is 6.60. The summed E-state index contributed by atoms with van der Waals surface area (Å²) in [5.74, 6) is 0.724. The summed E-state index contributed by atoms with van der Waals surface area (Å²) < 4.78 is 0. The molecule has 2 nitrogen and oxygen atoms in total. The van der Waals surface area contributed by atoms with Gasteiger partial charge in [-0.1, -0.05) is 48.9 Å². The molecular weight excluding hydrogens is 258 g/mol. The summed E-state index contributed by atoms with van der Waals surface area (Å²) in [6.07, 6.45) is 8.94. The highest BCUT2D eigenvalue weighted by Gasteiger charge is 2.40. The number of hydrogen-bond acceptors (Lipinski definition) is 2. The number of aliphatic hydroxyl groups is 1. The van der Waals surface area contributed by atoms with Gasteiger partial charge in [-0.3, -0.25) is 0 Å². The molecule has 0 aromatic heterocycles. The number of benzene rings is 1. The molecule has 0 radical (unpaired) electrons. The van der Waals surface area contributed by atoms with Crippen molar-refractivity contribution < 1.29 is 5.11 Å². The molecule has 2 fully saturated rings. The van der Waals surface area contributed by atoms with Crippen molar-refractivity contribution in [1.82, 2.24) is 5.32 Å². The summed E-state index contributed by atoms with van der Waals surface area (Å²) in [4.78, 5) is 0. The third-order valence-electron chi connectivity index (χ3n) is 4.97. The highest BCUT2D eigenvalue weighted by atomic mass is 16.3. The first-order valence-electron chi connectivity index (χ1n) is 8.46. The minimum absolute atomic E-state index is 0.0535. The van der Waals surface area contributed by atoms with Crippen LogP contribution >= 0.6 is 0 Å². The molecule has 0 saturated heterocycles. The standard InChI is InChI=1S/C19H27NO/c1-2-15(12-14-6-4-3-5-7-14)18-13-19(18)20-16-8-10-17(21)11-9-16/h3-7,12,16-21H,2,8-11,13H2,1H3/b15-12+/t16?,17?,18-,19?/m0/s1. The second-order valence-corrected chi connectivity index (χ2v) is 6.60. The molecule has 21 heavy (non-hydrogen) atoms. The smallest absolute Gasteiger partial charge is 0.0541 e. The lowest BCUT2D eigenvalue weighted by molar-refractivity contribution is 0.116. The van der Waals surface area contributed by atoms with Crippen LogP contribution in [0.2, 0.25) is 0 Å². The quantitative estimate of drug-likeness (QED) is 0.863. The molecule has 2 N–H and O–H groups in total. The molecule has 2 aliphatic carbocycles. The third-order valence-corrected chi connectivity index (χ3v) is 4.97. The maximum absolute atomic E-state index is 9.58. The van der Waals surface area contributed by atoms with Crippen molar-refractivity contribution in [3.05, 3.63) is 41.5 Å². The zero-order valence-corrected chi connectivity index (χ0v) is 13.0. The van der Waals surface area contributed by atoms with Gasteiger partial charge in [-0.05, 0) is 50.0 Å². The Morgan fingerprint density at radius 2 is 1.90 bits per heavy atom. The third kappa shape index (κ3) is 3.96. The minimum Gasteiger partial charge on any atom is -0.393 e. The molecule has 0 spiro atoms. The van der Waals surface area contributed by atoms with Crippen LogP contribution in [0.5, 0.6) is 0 Å². The van der Waals surface area contributed by atoms with E-state index in [1.54, 1.807) is 5.57 Å². The molecule has 1 unspecified atom stereocenters. The molecule has 2 atom stereocenters. The molecule has 1 aromatic carbocycles. The molecule has 3 rings (SSSR count). The first-order chi connectivity index (χ1) is 10.3. The molecule has 0 bridgehead atoms. The van der Waals surface area contributed by atoms with Crippen molar-refractivity contribution in [2.24, 2.45) is 5.92 Å². The van der Waals surface area contributed by atoms with Crippen LogP contribution in [0.3, 0.4) is 0 Å². The highest BCUT2D eigenvalue weighted by molar-refractivity contribution is 5.54. The molecule has 2 heteroatoms. The Morgan fingerprint density at radius 1 is 1.19 bits per heavy atom. The SMILES string of the molecule is CC/C(=C\c1ccccc1)[C@@H]1CC1NC1CCC(O)CC1. The molecule has 1 aromatic rings. The van der Waals surface area contributed by atoms with E-state index in [0.717, 1.165) is 38.0 Å². The Hall–Kier alpha value is -1.12. The molecule has 0 aliphatic heterocycles. The molecule has 114 valence electrons. The fraction of sp³-hybridized carbons (Fsp3) is 0.579. The number of aliphatic hydroxyl groups excluding tert-OH is 1. The summed E-state index contributed by atoms with van der Waals surface area (Å²) in [6, 6.07) is 11.9. The Morgan fingerprint density at radius 3 is 2.57 bits per heavy atom. The first kappa shape index (κ1) is 14.8. The summed E-state index contributed by atoms with van der Waals surface area (Å²) in [5, 5.41) is 13.4. The maximum Gasteiger partial charge on any atom is 0.0541 e. The van der Waals surface area contributed by atoms with Crippen LogP contribution in [0.25, 0.3) is 6.08 Å².